The summed E-state index contributed by atoms with van der Waals surface area (Å²) < 4.78 is 12.8. The van der Waals surface area contributed by atoms with Crippen LogP contribution in [0, 0.1) is 11.7 Å². The first kappa shape index (κ1) is 11.4. The van der Waals surface area contributed by atoms with Crippen molar-refractivity contribution in [2.75, 3.05) is 25.0 Å². The van der Waals surface area contributed by atoms with Gasteiger partial charge < -0.3 is 10.2 Å². The highest BCUT2D eigenvalue weighted by Crippen LogP contribution is 2.20. The molecule has 0 amide bonds. The van der Waals surface area contributed by atoms with Crippen molar-refractivity contribution >= 4 is 5.69 Å². The number of benzene rings is 1. The van der Waals surface area contributed by atoms with Gasteiger partial charge in [0.15, 0.2) is 0 Å². The molecule has 1 aromatic rings. The van der Waals surface area contributed by atoms with Gasteiger partial charge in [-0.15, -0.1) is 0 Å². The van der Waals surface area contributed by atoms with Gasteiger partial charge in [0, 0.05) is 25.3 Å². The Morgan fingerprint density at radius 2 is 2.06 bits per heavy atom. The standard InChI is InChI=1S/C13H19FN2/c1-10-11(7-8-15-10)9-16(2)13-5-3-12(14)4-6-13/h3-6,10-11,15H,7-9H2,1-2H3. The van der Waals surface area contributed by atoms with E-state index in [0.29, 0.717) is 12.0 Å². The molecule has 2 atom stereocenters. The first-order valence-corrected chi connectivity index (χ1v) is 5.87. The van der Waals surface area contributed by atoms with Crippen molar-refractivity contribution in [3.8, 4) is 0 Å². The summed E-state index contributed by atoms with van der Waals surface area (Å²) in [6.07, 6.45) is 1.23. The zero-order chi connectivity index (χ0) is 11.5. The van der Waals surface area contributed by atoms with E-state index in [1.165, 1.54) is 18.6 Å². The molecule has 1 aromatic carbocycles. The quantitative estimate of drug-likeness (QED) is 0.844. The van der Waals surface area contributed by atoms with Crippen LogP contribution in [0.5, 0.6) is 0 Å². The fraction of sp³-hybridized carbons (Fsp3) is 0.538. The number of hydrogen-bond acceptors (Lipinski definition) is 2. The molecule has 0 saturated carbocycles. The molecular weight excluding hydrogens is 203 g/mol. The fourth-order valence-corrected chi connectivity index (χ4v) is 2.32. The maximum atomic E-state index is 12.8. The zero-order valence-corrected chi connectivity index (χ0v) is 9.91. The molecule has 0 aliphatic carbocycles. The maximum Gasteiger partial charge on any atom is 0.123 e. The van der Waals surface area contributed by atoms with Crippen LogP contribution in [0.2, 0.25) is 0 Å². The van der Waals surface area contributed by atoms with Gasteiger partial charge in [0.2, 0.25) is 0 Å². The van der Waals surface area contributed by atoms with Gasteiger partial charge in [0.1, 0.15) is 5.82 Å². The average molecular weight is 222 g/mol. The molecular formula is C13H19FN2. The van der Waals surface area contributed by atoms with Gasteiger partial charge in [-0.1, -0.05) is 0 Å². The maximum absolute atomic E-state index is 12.8. The lowest BCUT2D eigenvalue weighted by Gasteiger charge is -2.25. The lowest BCUT2D eigenvalue weighted by Crippen LogP contribution is -2.32. The van der Waals surface area contributed by atoms with Gasteiger partial charge >= 0.3 is 0 Å². The van der Waals surface area contributed by atoms with Crippen LogP contribution >= 0.6 is 0 Å². The molecule has 1 heterocycles. The minimum absolute atomic E-state index is 0.173. The predicted molar refractivity (Wildman–Crippen MR) is 65.2 cm³/mol. The molecule has 0 bridgehead atoms. The Balaban J connectivity index is 1.97. The number of rotatable bonds is 3. The minimum atomic E-state index is -0.173. The van der Waals surface area contributed by atoms with Crippen LogP contribution in [0.1, 0.15) is 13.3 Å². The number of nitrogens with zero attached hydrogens (tertiary/aromatic N) is 1. The molecule has 0 radical (unpaired) electrons. The summed E-state index contributed by atoms with van der Waals surface area (Å²) >= 11 is 0. The lowest BCUT2D eigenvalue weighted by molar-refractivity contribution is 0.478. The molecule has 0 aromatic heterocycles. The van der Waals surface area contributed by atoms with E-state index in [4.69, 9.17) is 0 Å². The van der Waals surface area contributed by atoms with E-state index < -0.39 is 0 Å². The smallest absolute Gasteiger partial charge is 0.123 e. The van der Waals surface area contributed by atoms with Crippen molar-refractivity contribution in [3.05, 3.63) is 30.1 Å². The fourth-order valence-electron chi connectivity index (χ4n) is 2.32. The molecule has 1 N–H and O–H groups in total. The Bertz CT molecular complexity index is 336. The monoisotopic (exact) mass is 222 g/mol. The van der Waals surface area contributed by atoms with Gasteiger partial charge in [0.05, 0.1) is 0 Å². The van der Waals surface area contributed by atoms with Crippen LogP contribution in [-0.4, -0.2) is 26.2 Å². The Labute approximate surface area is 96.5 Å². The van der Waals surface area contributed by atoms with E-state index >= 15 is 0 Å². The van der Waals surface area contributed by atoms with Crippen LogP contribution in [-0.2, 0) is 0 Å². The van der Waals surface area contributed by atoms with Gasteiger partial charge in [-0.25, -0.2) is 4.39 Å². The second-order valence-electron chi connectivity index (χ2n) is 4.65. The molecule has 88 valence electrons. The Kier molecular flexibility index (Phi) is 3.44. The first-order chi connectivity index (χ1) is 7.66. The molecule has 1 fully saturated rings. The number of halogens is 1. The molecule has 3 heteroatoms. The third kappa shape index (κ3) is 2.53. The SMILES string of the molecule is CC1NCCC1CN(C)c1ccc(F)cc1. The van der Waals surface area contributed by atoms with Crippen molar-refractivity contribution in [1.82, 2.24) is 5.32 Å². The number of hydrogen-bond donors (Lipinski definition) is 1. The Morgan fingerprint density at radius 1 is 1.38 bits per heavy atom. The van der Waals surface area contributed by atoms with Crippen molar-refractivity contribution < 1.29 is 4.39 Å². The topological polar surface area (TPSA) is 15.3 Å². The largest absolute Gasteiger partial charge is 0.374 e. The van der Waals surface area contributed by atoms with Crippen LogP contribution in [0.4, 0.5) is 10.1 Å². The molecule has 0 spiro atoms. The highest BCUT2D eigenvalue weighted by atomic mass is 19.1. The highest BCUT2D eigenvalue weighted by molar-refractivity contribution is 5.45. The molecule has 2 nitrogen and oxygen atoms in total. The van der Waals surface area contributed by atoms with Gasteiger partial charge in [-0.2, -0.15) is 0 Å². The number of nitrogens with one attached hydrogen (secondary N) is 1. The molecule has 1 aliphatic rings. The summed E-state index contributed by atoms with van der Waals surface area (Å²) in [5.41, 5.74) is 1.08. The van der Waals surface area contributed by atoms with Crippen LogP contribution in [0.25, 0.3) is 0 Å². The van der Waals surface area contributed by atoms with Crippen molar-refractivity contribution in [2.45, 2.75) is 19.4 Å². The Hall–Kier alpha value is -1.09. The second-order valence-corrected chi connectivity index (χ2v) is 4.65. The summed E-state index contributed by atoms with van der Waals surface area (Å²) in [5.74, 6) is 0.517. The molecule has 1 aliphatic heterocycles. The second kappa shape index (κ2) is 4.83. The third-order valence-electron chi connectivity index (χ3n) is 3.46. The minimum Gasteiger partial charge on any atom is -0.374 e. The van der Waals surface area contributed by atoms with Crippen molar-refractivity contribution in [2.24, 2.45) is 5.92 Å². The zero-order valence-electron chi connectivity index (χ0n) is 9.91. The van der Waals surface area contributed by atoms with Gasteiger partial charge in [-0.05, 0) is 50.1 Å². The summed E-state index contributed by atoms with van der Waals surface area (Å²) in [6, 6.07) is 7.29. The van der Waals surface area contributed by atoms with E-state index in [-0.39, 0.29) is 5.82 Å². The van der Waals surface area contributed by atoms with E-state index in [0.717, 1.165) is 18.8 Å². The van der Waals surface area contributed by atoms with E-state index in [1.54, 1.807) is 0 Å². The first-order valence-electron chi connectivity index (χ1n) is 5.87. The normalized spacial score (nSPS) is 24.7. The van der Waals surface area contributed by atoms with Crippen LogP contribution in [0.15, 0.2) is 24.3 Å². The van der Waals surface area contributed by atoms with Crippen molar-refractivity contribution in [1.29, 1.82) is 0 Å². The summed E-state index contributed by atoms with van der Waals surface area (Å²) in [6.45, 7) is 4.37. The predicted octanol–water partition coefficient (Wildman–Crippen LogP) is 2.26. The summed E-state index contributed by atoms with van der Waals surface area (Å²) in [7, 11) is 2.07. The number of anilines is 1. The van der Waals surface area contributed by atoms with Crippen molar-refractivity contribution in [3.63, 3.8) is 0 Å². The van der Waals surface area contributed by atoms with E-state index in [2.05, 4.69) is 24.2 Å². The van der Waals surface area contributed by atoms with Crippen LogP contribution in [0.3, 0.4) is 0 Å². The molecule has 2 unspecified atom stereocenters. The molecule has 16 heavy (non-hydrogen) atoms. The van der Waals surface area contributed by atoms with E-state index in [1.807, 2.05) is 12.1 Å². The van der Waals surface area contributed by atoms with E-state index in [9.17, 15) is 4.39 Å². The highest BCUT2D eigenvalue weighted by Gasteiger charge is 2.23. The summed E-state index contributed by atoms with van der Waals surface area (Å²) in [5, 5.41) is 3.45. The van der Waals surface area contributed by atoms with Crippen LogP contribution < -0.4 is 10.2 Å². The molecule has 1 saturated heterocycles. The molecule has 2 rings (SSSR count). The third-order valence-corrected chi connectivity index (χ3v) is 3.46. The average Bonchev–Trinajstić information content (AvgIpc) is 2.65. The van der Waals surface area contributed by atoms with Gasteiger partial charge in [0.25, 0.3) is 0 Å². The lowest BCUT2D eigenvalue weighted by atomic mass is 10.0. The summed E-state index contributed by atoms with van der Waals surface area (Å²) in [4.78, 5) is 2.20. The van der Waals surface area contributed by atoms with Gasteiger partial charge in [-0.3, -0.25) is 0 Å². The Morgan fingerprint density at radius 3 is 2.62 bits per heavy atom.